The molecule has 0 fully saturated rings. The molecule has 0 spiro atoms. The lowest BCUT2D eigenvalue weighted by atomic mass is 10.1. The van der Waals surface area contributed by atoms with Crippen LogP contribution in [0.1, 0.15) is 18.1 Å². The van der Waals surface area contributed by atoms with Crippen molar-refractivity contribution < 1.29 is 22.7 Å². The number of amides is 1. The van der Waals surface area contributed by atoms with Crippen LogP contribution in [0.2, 0.25) is 5.02 Å². The van der Waals surface area contributed by atoms with Gasteiger partial charge in [0.1, 0.15) is 5.75 Å². The number of rotatable bonds is 4. The molecule has 0 aliphatic heterocycles. The predicted octanol–water partition coefficient (Wildman–Crippen LogP) is 5.07. The Balaban J connectivity index is 2.16. The number of aryl methyl sites for hydroxylation is 1. The summed E-state index contributed by atoms with van der Waals surface area (Å²) < 4.78 is 44.6. The number of hydrogen-bond acceptors (Lipinski definition) is 2. The van der Waals surface area contributed by atoms with Crippen molar-refractivity contribution in [3.05, 3.63) is 58.6 Å². The highest BCUT2D eigenvalue weighted by Crippen LogP contribution is 2.36. The molecule has 7 heteroatoms. The van der Waals surface area contributed by atoms with Crippen molar-refractivity contribution in [3.63, 3.8) is 0 Å². The number of nitrogens with one attached hydrogen (secondary N) is 1. The van der Waals surface area contributed by atoms with Gasteiger partial charge in [0.15, 0.2) is 6.10 Å². The fraction of sp³-hybridized carbons (Fsp3) is 0.235. The predicted molar refractivity (Wildman–Crippen MR) is 86.4 cm³/mol. The van der Waals surface area contributed by atoms with Gasteiger partial charge in [-0.2, -0.15) is 13.2 Å². The zero-order chi connectivity index (χ0) is 17.9. The lowest BCUT2D eigenvalue weighted by molar-refractivity contribution is -0.137. The normalized spacial score (nSPS) is 12.6. The third kappa shape index (κ3) is 4.41. The Labute approximate surface area is 142 Å². The van der Waals surface area contributed by atoms with Crippen LogP contribution in [0, 0.1) is 6.92 Å². The Bertz CT molecular complexity index is 747. The van der Waals surface area contributed by atoms with Gasteiger partial charge in [-0.1, -0.05) is 29.8 Å². The smallest absolute Gasteiger partial charge is 0.418 e. The van der Waals surface area contributed by atoms with Gasteiger partial charge in [0.05, 0.1) is 11.3 Å². The largest absolute Gasteiger partial charge is 0.481 e. The van der Waals surface area contributed by atoms with Crippen LogP contribution in [0.5, 0.6) is 5.75 Å². The van der Waals surface area contributed by atoms with Crippen molar-refractivity contribution >= 4 is 23.2 Å². The Morgan fingerprint density at radius 3 is 2.50 bits per heavy atom. The Morgan fingerprint density at radius 2 is 1.88 bits per heavy atom. The molecule has 0 heterocycles. The highest BCUT2D eigenvalue weighted by Gasteiger charge is 2.34. The molecule has 1 unspecified atom stereocenters. The maximum Gasteiger partial charge on any atom is 0.418 e. The molecular weight excluding hydrogens is 343 g/mol. The number of para-hydroxylation sites is 1. The Morgan fingerprint density at radius 1 is 1.21 bits per heavy atom. The van der Waals surface area contributed by atoms with Gasteiger partial charge in [-0.3, -0.25) is 4.79 Å². The second-order valence-corrected chi connectivity index (χ2v) is 5.64. The quantitative estimate of drug-likeness (QED) is 0.829. The molecule has 0 saturated carbocycles. The van der Waals surface area contributed by atoms with Crippen LogP contribution >= 0.6 is 11.6 Å². The van der Waals surface area contributed by atoms with Crippen LogP contribution < -0.4 is 10.1 Å². The molecule has 3 nitrogen and oxygen atoms in total. The number of carbonyl (C=O) groups is 1. The molecule has 0 bridgehead atoms. The summed E-state index contributed by atoms with van der Waals surface area (Å²) in [6.07, 6.45) is -5.60. The van der Waals surface area contributed by atoms with Crippen molar-refractivity contribution in [1.82, 2.24) is 0 Å². The lowest BCUT2D eigenvalue weighted by Crippen LogP contribution is -2.31. The van der Waals surface area contributed by atoms with E-state index in [4.69, 9.17) is 16.3 Å². The molecule has 2 aromatic rings. The Hall–Kier alpha value is -2.21. The van der Waals surface area contributed by atoms with E-state index in [1.165, 1.54) is 13.0 Å². The third-order valence-corrected chi connectivity index (χ3v) is 3.55. The fourth-order valence-corrected chi connectivity index (χ4v) is 2.20. The number of benzene rings is 2. The van der Waals surface area contributed by atoms with E-state index in [1.807, 2.05) is 6.07 Å². The highest BCUT2D eigenvalue weighted by molar-refractivity contribution is 6.30. The van der Waals surface area contributed by atoms with E-state index in [2.05, 4.69) is 5.32 Å². The standard InChI is InChI=1S/C17H15ClF3NO2/c1-10-5-3-4-6-15(10)24-11(2)16(23)22-14-8-7-12(18)9-13(14)17(19,20)21/h3-9,11H,1-2H3,(H,22,23). The van der Waals surface area contributed by atoms with Gasteiger partial charge in [-0.15, -0.1) is 0 Å². The summed E-state index contributed by atoms with van der Waals surface area (Å²) in [5, 5.41) is 2.18. The van der Waals surface area contributed by atoms with Crippen LogP contribution in [0.4, 0.5) is 18.9 Å². The van der Waals surface area contributed by atoms with E-state index < -0.39 is 23.8 Å². The molecule has 0 radical (unpaired) electrons. The summed E-state index contributed by atoms with van der Waals surface area (Å²) in [6.45, 7) is 3.27. The number of anilines is 1. The van der Waals surface area contributed by atoms with Crippen molar-refractivity contribution in [2.24, 2.45) is 0 Å². The van der Waals surface area contributed by atoms with Gasteiger partial charge in [0.25, 0.3) is 5.91 Å². The summed E-state index contributed by atoms with van der Waals surface area (Å²) in [5.74, 6) is -0.196. The monoisotopic (exact) mass is 357 g/mol. The summed E-state index contributed by atoms with van der Waals surface area (Å²) in [4.78, 5) is 12.2. The summed E-state index contributed by atoms with van der Waals surface area (Å²) in [7, 11) is 0. The van der Waals surface area contributed by atoms with Gasteiger partial charge in [0.2, 0.25) is 0 Å². The number of hydrogen-bond donors (Lipinski definition) is 1. The Kier molecular flexibility index (Phi) is 5.39. The molecule has 0 aliphatic rings. The maximum absolute atomic E-state index is 13.0. The first-order chi connectivity index (χ1) is 11.2. The van der Waals surface area contributed by atoms with Gasteiger partial charge in [0, 0.05) is 5.02 Å². The van der Waals surface area contributed by atoms with E-state index in [9.17, 15) is 18.0 Å². The zero-order valence-corrected chi connectivity index (χ0v) is 13.7. The summed E-state index contributed by atoms with van der Waals surface area (Å²) in [6, 6.07) is 10.2. The molecule has 2 aromatic carbocycles. The molecule has 1 N–H and O–H groups in total. The topological polar surface area (TPSA) is 38.3 Å². The van der Waals surface area contributed by atoms with Crippen molar-refractivity contribution in [2.75, 3.05) is 5.32 Å². The molecule has 1 atom stereocenters. The summed E-state index contributed by atoms with van der Waals surface area (Å²) in [5.41, 5.74) is -0.553. The van der Waals surface area contributed by atoms with Crippen LogP contribution in [-0.2, 0) is 11.0 Å². The third-order valence-electron chi connectivity index (χ3n) is 3.31. The van der Waals surface area contributed by atoms with Crippen LogP contribution in [0.15, 0.2) is 42.5 Å². The first-order valence-corrected chi connectivity index (χ1v) is 7.46. The number of halogens is 4. The molecule has 0 saturated heterocycles. The van der Waals surface area contributed by atoms with Gasteiger partial charge in [-0.05, 0) is 43.7 Å². The number of ether oxygens (including phenoxy) is 1. The molecule has 128 valence electrons. The van der Waals surface area contributed by atoms with Gasteiger partial charge in [-0.25, -0.2) is 0 Å². The zero-order valence-electron chi connectivity index (χ0n) is 12.9. The van der Waals surface area contributed by atoms with Crippen molar-refractivity contribution in [1.29, 1.82) is 0 Å². The first kappa shape index (κ1) is 18.1. The van der Waals surface area contributed by atoms with E-state index >= 15 is 0 Å². The van der Waals surface area contributed by atoms with Crippen LogP contribution in [0.25, 0.3) is 0 Å². The van der Waals surface area contributed by atoms with Crippen molar-refractivity contribution in [2.45, 2.75) is 26.1 Å². The number of alkyl halides is 3. The minimum absolute atomic E-state index is 0.0652. The average Bonchev–Trinajstić information content (AvgIpc) is 2.50. The van der Waals surface area contributed by atoms with Crippen LogP contribution in [-0.4, -0.2) is 12.0 Å². The van der Waals surface area contributed by atoms with Crippen molar-refractivity contribution in [3.8, 4) is 5.75 Å². The SMILES string of the molecule is Cc1ccccc1OC(C)C(=O)Nc1ccc(Cl)cc1C(F)(F)F. The number of carbonyl (C=O) groups excluding carboxylic acids is 1. The van der Waals surface area contributed by atoms with E-state index in [1.54, 1.807) is 25.1 Å². The second-order valence-electron chi connectivity index (χ2n) is 5.20. The maximum atomic E-state index is 13.0. The molecule has 24 heavy (non-hydrogen) atoms. The second kappa shape index (κ2) is 7.13. The lowest BCUT2D eigenvalue weighted by Gasteiger charge is -2.18. The molecule has 0 aliphatic carbocycles. The van der Waals surface area contributed by atoms with Crippen LogP contribution in [0.3, 0.4) is 0 Å². The molecule has 2 rings (SSSR count). The summed E-state index contributed by atoms with van der Waals surface area (Å²) >= 11 is 5.61. The molecule has 1 amide bonds. The van der Waals surface area contributed by atoms with E-state index in [0.717, 1.165) is 17.7 Å². The molecular formula is C17H15ClF3NO2. The highest BCUT2D eigenvalue weighted by atomic mass is 35.5. The minimum atomic E-state index is -4.63. The van der Waals surface area contributed by atoms with E-state index in [-0.39, 0.29) is 10.7 Å². The van der Waals surface area contributed by atoms with Gasteiger partial charge < -0.3 is 10.1 Å². The molecule has 0 aromatic heterocycles. The van der Waals surface area contributed by atoms with E-state index in [0.29, 0.717) is 5.75 Å². The fourth-order valence-electron chi connectivity index (χ4n) is 2.03. The van der Waals surface area contributed by atoms with Gasteiger partial charge >= 0.3 is 6.18 Å². The average molecular weight is 358 g/mol. The minimum Gasteiger partial charge on any atom is -0.481 e. The first-order valence-electron chi connectivity index (χ1n) is 7.08.